The monoisotopic (exact) mass is 316 g/mol. The Bertz CT molecular complexity index is 246. The van der Waals surface area contributed by atoms with Crippen molar-refractivity contribution >= 4 is 15.9 Å². The van der Waals surface area contributed by atoms with Gasteiger partial charge in [0.1, 0.15) is 0 Å². The van der Waals surface area contributed by atoms with Crippen molar-refractivity contribution in [2.24, 2.45) is 0 Å². The zero-order valence-electron chi connectivity index (χ0n) is 9.38. The Labute approximate surface area is 115 Å². The fourth-order valence-corrected chi connectivity index (χ4v) is 1.71. The molecule has 1 aromatic rings. The first-order valence-corrected chi connectivity index (χ1v) is 5.94. The van der Waals surface area contributed by atoms with Gasteiger partial charge >= 0.3 is 19.5 Å². The molecule has 78 valence electrons. The summed E-state index contributed by atoms with van der Waals surface area (Å²) in [6, 6.07) is 10.6. The van der Waals surface area contributed by atoms with Crippen LogP contribution in [-0.2, 0) is 19.5 Å². The Morgan fingerprint density at radius 3 is 2.20 bits per heavy atom. The quantitative estimate of drug-likeness (QED) is 0.547. The van der Waals surface area contributed by atoms with Crippen LogP contribution in [0, 0.1) is 11.8 Å². The summed E-state index contributed by atoms with van der Waals surface area (Å²) in [5.74, 6) is 0.709. The molecule has 1 aliphatic rings. The van der Waals surface area contributed by atoms with Crippen LogP contribution < -0.4 is 0 Å². The van der Waals surface area contributed by atoms with E-state index in [2.05, 4.69) is 60.1 Å². The van der Waals surface area contributed by atoms with Gasteiger partial charge in [-0.25, -0.2) is 4.83 Å². The molecule has 0 aliphatic heterocycles. The Morgan fingerprint density at radius 2 is 1.87 bits per heavy atom. The van der Waals surface area contributed by atoms with Crippen LogP contribution in [-0.4, -0.2) is 0 Å². The number of hydrogen-bond donors (Lipinski definition) is 0. The maximum atomic E-state index is 3.60. The van der Waals surface area contributed by atoms with Crippen molar-refractivity contribution in [1.29, 1.82) is 0 Å². The molecule has 1 fully saturated rings. The second kappa shape index (κ2) is 8.47. The predicted octanol–water partition coefficient (Wildman–Crippen LogP) is 4.72. The van der Waals surface area contributed by atoms with E-state index in [0.29, 0.717) is 5.92 Å². The van der Waals surface area contributed by atoms with Crippen molar-refractivity contribution in [2.75, 3.05) is 0 Å². The van der Waals surface area contributed by atoms with Crippen LogP contribution in [0.3, 0.4) is 0 Å². The molecule has 0 bridgehead atoms. The van der Waals surface area contributed by atoms with E-state index in [-0.39, 0.29) is 19.5 Å². The van der Waals surface area contributed by atoms with Gasteiger partial charge in [-0.15, -0.1) is 0 Å². The van der Waals surface area contributed by atoms with E-state index < -0.39 is 0 Å². The van der Waals surface area contributed by atoms with Crippen molar-refractivity contribution in [2.45, 2.75) is 32.1 Å². The van der Waals surface area contributed by atoms with Crippen molar-refractivity contribution in [3.63, 3.8) is 0 Å². The summed E-state index contributed by atoms with van der Waals surface area (Å²) in [5, 5.41) is 0. The molecule has 2 rings (SSSR count). The van der Waals surface area contributed by atoms with Crippen LogP contribution in [0.4, 0.5) is 0 Å². The second-order valence-electron chi connectivity index (χ2n) is 3.47. The molecule has 0 nitrogen and oxygen atoms in total. The maximum Gasteiger partial charge on any atom is 2.00 e. The van der Waals surface area contributed by atoms with Gasteiger partial charge in [0.15, 0.2) is 0 Å². The minimum Gasteiger partial charge on any atom is -0.343 e. The molecule has 0 amide bonds. The van der Waals surface area contributed by atoms with E-state index in [1.54, 1.807) is 0 Å². The molecule has 0 N–H and O–H groups in total. The van der Waals surface area contributed by atoms with Crippen LogP contribution in [0.2, 0.25) is 0 Å². The molecule has 0 heterocycles. The van der Waals surface area contributed by atoms with E-state index >= 15 is 0 Å². The average Bonchev–Trinajstić information content (AvgIpc) is 2.97. The molecule has 0 saturated heterocycles. The summed E-state index contributed by atoms with van der Waals surface area (Å²) in [4.78, 5) is 1.44. The topological polar surface area (TPSA) is 0 Å². The molecule has 1 aromatic carbocycles. The first kappa shape index (κ1) is 15.3. The van der Waals surface area contributed by atoms with E-state index in [1.165, 1.54) is 23.2 Å². The summed E-state index contributed by atoms with van der Waals surface area (Å²) in [7, 11) is 0. The molecule has 1 aliphatic carbocycles. The van der Waals surface area contributed by atoms with E-state index in [4.69, 9.17) is 0 Å². The predicted molar refractivity (Wildman–Crippen MR) is 66.2 cm³/mol. The summed E-state index contributed by atoms with van der Waals surface area (Å²) in [6.07, 6.45) is 3.50. The van der Waals surface area contributed by atoms with Crippen LogP contribution in [0.5, 0.6) is 0 Å². The third-order valence-electron chi connectivity index (χ3n) is 2.17. The van der Waals surface area contributed by atoms with Gasteiger partial charge in [0, 0.05) is 0 Å². The summed E-state index contributed by atoms with van der Waals surface area (Å²) >= 11 is 3.50. The maximum absolute atomic E-state index is 3.60. The van der Waals surface area contributed by atoms with Crippen LogP contribution in [0.15, 0.2) is 30.3 Å². The number of hydrogen-bond acceptors (Lipinski definition) is 0. The Hall–Kier alpha value is 0.323. The molecule has 1 atom stereocenters. The molecule has 0 unspecified atom stereocenters. The first-order chi connectivity index (χ1) is 6.79. The van der Waals surface area contributed by atoms with Crippen LogP contribution >= 0.6 is 15.9 Å². The fraction of sp³-hybridized carbons (Fsp3) is 0.385. The minimum absolute atomic E-state index is 0. The molecule has 0 aromatic heterocycles. The molecule has 15 heavy (non-hydrogen) atoms. The van der Waals surface area contributed by atoms with Gasteiger partial charge in [-0.05, 0) is 0 Å². The van der Waals surface area contributed by atoms with Crippen molar-refractivity contribution in [3.8, 4) is 0 Å². The van der Waals surface area contributed by atoms with Gasteiger partial charge in [-0.3, -0.25) is 0 Å². The van der Waals surface area contributed by atoms with E-state index in [0.717, 1.165) is 6.42 Å². The average molecular weight is 319 g/mol. The van der Waals surface area contributed by atoms with Crippen LogP contribution in [0.25, 0.3) is 0 Å². The third kappa shape index (κ3) is 5.83. The van der Waals surface area contributed by atoms with E-state index in [1.807, 2.05) is 0 Å². The smallest absolute Gasteiger partial charge is 0.343 e. The first-order valence-electron chi connectivity index (χ1n) is 5.15. The van der Waals surface area contributed by atoms with Gasteiger partial charge in [0.05, 0.1) is 0 Å². The molecule has 0 radical (unpaired) electrons. The SMILES string of the molecule is Br[C-]1C[C@H]1c1ccccc1.[CH2-]CCC.[Zn+2]. The largest absolute Gasteiger partial charge is 2.00 e. The Kier molecular flexibility index (Phi) is 8.66. The van der Waals surface area contributed by atoms with Gasteiger partial charge in [0.25, 0.3) is 0 Å². The van der Waals surface area contributed by atoms with Crippen LogP contribution in [0.1, 0.15) is 37.7 Å². The zero-order chi connectivity index (χ0) is 10.4. The molecule has 1 saturated carbocycles. The van der Waals surface area contributed by atoms with Crippen molar-refractivity contribution in [1.82, 2.24) is 0 Å². The Morgan fingerprint density at radius 1 is 1.40 bits per heavy atom. The van der Waals surface area contributed by atoms with Gasteiger partial charge in [-0.1, -0.05) is 49.2 Å². The van der Waals surface area contributed by atoms with Crippen molar-refractivity contribution < 1.29 is 19.5 Å². The molecule has 0 spiro atoms. The van der Waals surface area contributed by atoms with Gasteiger partial charge < -0.3 is 22.9 Å². The minimum atomic E-state index is 0. The summed E-state index contributed by atoms with van der Waals surface area (Å²) < 4.78 is 0. The number of rotatable bonds is 2. The second-order valence-corrected chi connectivity index (χ2v) is 4.49. The summed E-state index contributed by atoms with van der Waals surface area (Å²) in [6.45, 7) is 5.72. The number of halogens is 1. The van der Waals surface area contributed by atoms with Gasteiger partial charge in [0.2, 0.25) is 0 Å². The van der Waals surface area contributed by atoms with Crippen molar-refractivity contribution in [3.05, 3.63) is 47.6 Å². The number of benzene rings is 1. The molecular formula is C13H17BrZn. The normalized spacial score (nSPS) is 18.5. The van der Waals surface area contributed by atoms with E-state index in [9.17, 15) is 0 Å². The fourth-order valence-electron chi connectivity index (χ4n) is 1.12. The molecule has 2 heteroatoms. The number of unbranched alkanes of at least 4 members (excludes halogenated alkanes) is 1. The summed E-state index contributed by atoms with van der Waals surface area (Å²) in [5.41, 5.74) is 1.44. The standard InChI is InChI=1S/C9H8Br.C4H9.Zn/c10-9-6-8(9)7-4-2-1-3-5-7;1-3-4-2;/h1-5,8H,6H2;1,3-4H2,2H3;/q2*-1;+2/t8-;;/m0../s1. The Balaban J connectivity index is 0.000000346. The molecular weight excluding hydrogens is 301 g/mol. The zero-order valence-corrected chi connectivity index (χ0v) is 13.9. The third-order valence-corrected chi connectivity index (χ3v) is 3.05. The van der Waals surface area contributed by atoms with Gasteiger partial charge in [-0.2, -0.15) is 18.8 Å².